The lowest BCUT2D eigenvalue weighted by Gasteiger charge is -2.11. The molecule has 1 aromatic rings. The molecule has 1 atom stereocenters. The van der Waals surface area contributed by atoms with Crippen molar-refractivity contribution in [2.24, 2.45) is 0 Å². The van der Waals surface area contributed by atoms with Crippen molar-refractivity contribution in [3.05, 3.63) is 34.9 Å². The summed E-state index contributed by atoms with van der Waals surface area (Å²) in [6.07, 6.45) is 0. The molecule has 0 saturated carbocycles. The molecular weight excluding hydrogens is 319 g/mol. The van der Waals surface area contributed by atoms with Crippen molar-refractivity contribution in [2.45, 2.75) is 24.6 Å². The minimum atomic E-state index is -0.681. The van der Waals surface area contributed by atoms with E-state index >= 15 is 0 Å². The minimum absolute atomic E-state index is 0.124. The average Bonchev–Trinajstić information content (AvgIpc) is 2.37. The number of carbonyl (C=O) groups is 2. The van der Waals surface area contributed by atoms with Crippen LogP contribution >= 0.6 is 27.5 Å². The first-order valence-electron chi connectivity index (χ1n) is 5.51. The van der Waals surface area contributed by atoms with Crippen molar-refractivity contribution in [3.63, 3.8) is 0 Å². The number of hydrogen-bond acceptors (Lipinski definition) is 3. The number of carbonyl (C=O) groups excluding carboxylic acids is 2. The van der Waals surface area contributed by atoms with Gasteiger partial charge in [-0.1, -0.05) is 28.1 Å². The Morgan fingerprint density at radius 2 is 2.11 bits per heavy atom. The lowest BCUT2D eigenvalue weighted by Crippen LogP contribution is -2.09. The topological polar surface area (TPSA) is 43.4 Å². The lowest BCUT2D eigenvalue weighted by molar-refractivity contribution is -0.116. The summed E-state index contributed by atoms with van der Waals surface area (Å²) >= 11 is 9.29. The fourth-order valence-electron chi connectivity index (χ4n) is 1.52. The molecule has 0 bridgehead atoms. The van der Waals surface area contributed by atoms with Gasteiger partial charge in [-0.3, -0.25) is 4.79 Å². The maximum absolute atomic E-state index is 11.7. The number of ether oxygens (including phenoxy) is 1. The normalized spacial score (nSPS) is 12.0. The number of hydrogen-bond donors (Lipinski definition) is 0. The number of alkyl halides is 2. The molecule has 5 heteroatoms. The molecule has 0 radical (unpaired) electrons. The van der Waals surface area contributed by atoms with E-state index in [9.17, 15) is 9.59 Å². The molecule has 0 N–H and O–H groups in total. The van der Waals surface area contributed by atoms with E-state index in [1.54, 1.807) is 25.1 Å². The van der Waals surface area contributed by atoms with E-state index < -0.39 is 5.38 Å². The third kappa shape index (κ3) is 3.56. The van der Waals surface area contributed by atoms with Crippen LogP contribution < -0.4 is 0 Å². The Balaban J connectivity index is 3.11. The van der Waals surface area contributed by atoms with E-state index in [0.717, 1.165) is 5.56 Å². The van der Waals surface area contributed by atoms with Crippen LogP contribution in [0.4, 0.5) is 0 Å². The van der Waals surface area contributed by atoms with Gasteiger partial charge in [-0.25, -0.2) is 4.79 Å². The van der Waals surface area contributed by atoms with Gasteiger partial charge in [0.25, 0.3) is 0 Å². The molecular formula is C13H14BrClO3. The van der Waals surface area contributed by atoms with Gasteiger partial charge < -0.3 is 4.74 Å². The first-order chi connectivity index (χ1) is 8.51. The molecule has 0 aliphatic rings. The second-order valence-corrected chi connectivity index (χ2v) is 4.74. The Morgan fingerprint density at radius 1 is 1.44 bits per heavy atom. The maximum Gasteiger partial charge on any atom is 0.338 e. The summed E-state index contributed by atoms with van der Waals surface area (Å²) in [6.45, 7) is 3.52. The van der Waals surface area contributed by atoms with Crippen molar-refractivity contribution in [2.75, 3.05) is 6.61 Å². The second-order valence-electron chi connectivity index (χ2n) is 3.74. The third-order valence-corrected chi connectivity index (χ3v) is 3.58. The van der Waals surface area contributed by atoms with Gasteiger partial charge in [0.2, 0.25) is 0 Å². The summed E-state index contributed by atoms with van der Waals surface area (Å²) in [5, 5.41) is -0.185. The summed E-state index contributed by atoms with van der Waals surface area (Å²) < 4.78 is 4.96. The molecule has 0 amide bonds. The molecule has 1 unspecified atom stereocenters. The average molecular weight is 334 g/mol. The highest BCUT2D eigenvalue weighted by atomic mass is 79.9. The van der Waals surface area contributed by atoms with Gasteiger partial charge in [0.05, 0.1) is 12.2 Å². The van der Waals surface area contributed by atoms with Crippen molar-refractivity contribution in [1.82, 2.24) is 0 Å². The van der Waals surface area contributed by atoms with Gasteiger partial charge in [-0.15, -0.1) is 11.6 Å². The first-order valence-corrected chi connectivity index (χ1v) is 7.07. The van der Waals surface area contributed by atoms with Crippen LogP contribution in [0.5, 0.6) is 0 Å². The van der Waals surface area contributed by atoms with Crippen molar-refractivity contribution in [1.29, 1.82) is 0 Å². The largest absolute Gasteiger partial charge is 0.462 e. The number of ketones is 1. The molecule has 1 rings (SSSR count). The summed E-state index contributed by atoms with van der Waals surface area (Å²) in [7, 11) is 0. The van der Waals surface area contributed by atoms with Crippen LogP contribution in [0.25, 0.3) is 0 Å². The van der Waals surface area contributed by atoms with Crippen molar-refractivity contribution in [3.8, 4) is 0 Å². The predicted molar refractivity (Wildman–Crippen MR) is 74.3 cm³/mol. The Morgan fingerprint density at radius 3 is 2.61 bits per heavy atom. The summed E-state index contributed by atoms with van der Waals surface area (Å²) in [5.74, 6) is -0.492. The van der Waals surface area contributed by atoms with Crippen LogP contribution in [0.15, 0.2) is 18.2 Å². The minimum Gasteiger partial charge on any atom is -0.462 e. The molecule has 98 valence electrons. The summed E-state index contributed by atoms with van der Waals surface area (Å²) in [4.78, 5) is 22.9. The van der Waals surface area contributed by atoms with E-state index in [0.29, 0.717) is 23.1 Å². The molecule has 0 spiro atoms. The zero-order valence-corrected chi connectivity index (χ0v) is 12.5. The zero-order valence-electron chi connectivity index (χ0n) is 10.2. The van der Waals surface area contributed by atoms with Crippen LogP contribution in [0, 0.1) is 0 Å². The zero-order chi connectivity index (χ0) is 13.7. The first kappa shape index (κ1) is 15.2. The Labute approximate surface area is 120 Å². The highest BCUT2D eigenvalue weighted by Gasteiger charge is 2.17. The van der Waals surface area contributed by atoms with Gasteiger partial charge in [-0.2, -0.15) is 0 Å². The summed E-state index contributed by atoms with van der Waals surface area (Å²) in [5.41, 5.74) is 1.94. The molecule has 0 aliphatic heterocycles. The van der Waals surface area contributed by atoms with Gasteiger partial charge >= 0.3 is 5.97 Å². The molecule has 0 aliphatic carbocycles. The standard InChI is InChI=1S/C13H14BrClO3/c1-3-18-13(17)11-5-4-9(6-10(11)7-14)12(15)8(2)16/h4-6,12H,3,7H2,1-2H3. The maximum atomic E-state index is 11.7. The Kier molecular flexibility index (Phi) is 5.82. The molecule has 0 aromatic heterocycles. The monoisotopic (exact) mass is 332 g/mol. The van der Waals surface area contributed by atoms with E-state index in [1.807, 2.05) is 0 Å². The van der Waals surface area contributed by atoms with Gasteiger partial charge in [0.1, 0.15) is 5.38 Å². The molecule has 3 nitrogen and oxygen atoms in total. The third-order valence-electron chi connectivity index (χ3n) is 2.42. The van der Waals surface area contributed by atoms with Crippen LogP contribution in [-0.4, -0.2) is 18.4 Å². The second kappa shape index (κ2) is 6.90. The van der Waals surface area contributed by atoms with Gasteiger partial charge in [0.15, 0.2) is 5.78 Å². The van der Waals surface area contributed by atoms with Crippen molar-refractivity contribution < 1.29 is 14.3 Å². The van der Waals surface area contributed by atoms with Crippen LogP contribution in [0.3, 0.4) is 0 Å². The molecule has 18 heavy (non-hydrogen) atoms. The fourth-order valence-corrected chi connectivity index (χ4v) is 2.12. The summed E-state index contributed by atoms with van der Waals surface area (Å²) in [6, 6.07) is 5.07. The number of halogens is 2. The Bertz CT molecular complexity index is 460. The SMILES string of the molecule is CCOC(=O)c1ccc(C(Cl)C(C)=O)cc1CBr. The predicted octanol–water partition coefficient (Wildman–Crippen LogP) is 3.63. The van der Waals surface area contributed by atoms with Gasteiger partial charge in [0, 0.05) is 5.33 Å². The highest BCUT2D eigenvalue weighted by Crippen LogP contribution is 2.25. The van der Waals surface area contributed by atoms with E-state index in [-0.39, 0.29) is 11.8 Å². The molecule has 0 fully saturated rings. The van der Waals surface area contributed by atoms with E-state index in [4.69, 9.17) is 16.3 Å². The Hall–Kier alpha value is -0.870. The number of Topliss-reactive ketones (excluding diaryl/α,β-unsaturated/α-hetero) is 1. The van der Waals surface area contributed by atoms with Crippen LogP contribution in [0.2, 0.25) is 0 Å². The highest BCUT2D eigenvalue weighted by molar-refractivity contribution is 9.08. The lowest BCUT2D eigenvalue weighted by atomic mass is 10.0. The quantitative estimate of drug-likeness (QED) is 0.610. The number of rotatable bonds is 5. The molecule has 0 heterocycles. The molecule has 0 saturated heterocycles. The number of esters is 1. The van der Waals surface area contributed by atoms with E-state index in [2.05, 4.69) is 15.9 Å². The fraction of sp³-hybridized carbons (Fsp3) is 0.385. The van der Waals surface area contributed by atoms with E-state index in [1.165, 1.54) is 6.92 Å². The van der Waals surface area contributed by atoms with Crippen LogP contribution in [-0.2, 0) is 14.9 Å². The van der Waals surface area contributed by atoms with Crippen molar-refractivity contribution >= 4 is 39.3 Å². The number of benzene rings is 1. The van der Waals surface area contributed by atoms with Gasteiger partial charge in [-0.05, 0) is 31.0 Å². The molecule has 1 aromatic carbocycles. The smallest absolute Gasteiger partial charge is 0.338 e. The van der Waals surface area contributed by atoms with Crippen LogP contribution in [0.1, 0.15) is 40.7 Å².